The van der Waals surface area contributed by atoms with Gasteiger partial charge < -0.3 is 14.4 Å². The molecule has 2 atom stereocenters. The molecule has 1 aliphatic rings. The monoisotopic (exact) mass is 226 g/mol. The normalized spacial score (nSPS) is 29.8. The molecule has 0 saturated carbocycles. The standard InChI is InChI=1S/C11H18N2O3/c1-3-4-9-12-10(16-13-9)6-11(14)5-8(2)15-7-11/h8,14H,3-7H2,1-2H3/t8-,11+/m0/s1. The first-order valence-corrected chi connectivity index (χ1v) is 5.77. The van der Waals surface area contributed by atoms with Gasteiger partial charge in [-0.15, -0.1) is 0 Å². The van der Waals surface area contributed by atoms with Crippen LogP contribution in [0.1, 0.15) is 38.4 Å². The first-order chi connectivity index (χ1) is 7.61. The molecule has 1 aliphatic heterocycles. The fourth-order valence-electron chi connectivity index (χ4n) is 2.04. The lowest BCUT2D eigenvalue weighted by Gasteiger charge is -2.17. The van der Waals surface area contributed by atoms with Gasteiger partial charge >= 0.3 is 0 Å². The minimum atomic E-state index is -0.838. The van der Waals surface area contributed by atoms with Crippen LogP contribution in [0.4, 0.5) is 0 Å². The van der Waals surface area contributed by atoms with Crippen LogP contribution < -0.4 is 0 Å². The highest BCUT2D eigenvalue weighted by molar-refractivity contribution is 4.96. The molecule has 1 aromatic rings. The fraction of sp³-hybridized carbons (Fsp3) is 0.818. The highest BCUT2D eigenvalue weighted by atomic mass is 16.5. The van der Waals surface area contributed by atoms with Crippen molar-refractivity contribution in [2.75, 3.05) is 6.61 Å². The third kappa shape index (κ3) is 2.59. The van der Waals surface area contributed by atoms with Crippen molar-refractivity contribution in [3.8, 4) is 0 Å². The number of rotatable bonds is 4. The Hall–Kier alpha value is -0.940. The molecule has 1 aromatic heterocycles. The second kappa shape index (κ2) is 4.51. The van der Waals surface area contributed by atoms with E-state index in [9.17, 15) is 5.11 Å². The van der Waals surface area contributed by atoms with Crippen molar-refractivity contribution < 1.29 is 14.4 Å². The van der Waals surface area contributed by atoms with E-state index in [0.717, 1.165) is 12.8 Å². The number of aliphatic hydroxyl groups is 1. The van der Waals surface area contributed by atoms with Crippen LogP contribution in [0.25, 0.3) is 0 Å². The van der Waals surface area contributed by atoms with Gasteiger partial charge in [0.2, 0.25) is 5.89 Å². The second-order valence-electron chi connectivity index (χ2n) is 4.58. The summed E-state index contributed by atoms with van der Waals surface area (Å²) in [6.07, 6.45) is 2.91. The van der Waals surface area contributed by atoms with E-state index >= 15 is 0 Å². The van der Waals surface area contributed by atoms with Gasteiger partial charge in [0.25, 0.3) is 0 Å². The third-order valence-electron chi connectivity index (χ3n) is 2.77. The Bertz CT molecular complexity index is 353. The van der Waals surface area contributed by atoms with Crippen molar-refractivity contribution in [1.29, 1.82) is 0 Å². The summed E-state index contributed by atoms with van der Waals surface area (Å²) < 4.78 is 10.5. The average Bonchev–Trinajstić information content (AvgIpc) is 2.75. The summed E-state index contributed by atoms with van der Waals surface area (Å²) in [5, 5.41) is 14.1. The lowest BCUT2D eigenvalue weighted by molar-refractivity contribution is 0.0173. The molecule has 1 N–H and O–H groups in total. The highest BCUT2D eigenvalue weighted by Crippen LogP contribution is 2.27. The van der Waals surface area contributed by atoms with Gasteiger partial charge in [-0.05, 0) is 13.3 Å². The van der Waals surface area contributed by atoms with E-state index in [1.165, 1.54) is 0 Å². The van der Waals surface area contributed by atoms with E-state index in [1.807, 2.05) is 6.92 Å². The number of nitrogens with zero attached hydrogens (tertiary/aromatic N) is 2. The maximum atomic E-state index is 10.2. The molecule has 2 heterocycles. The molecule has 16 heavy (non-hydrogen) atoms. The molecule has 2 rings (SSSR count). The van der Waals surface area contributed by atoms with Crippen LogP contribution in [-0.4, -0.2) is 33.6 Å². The zero-order valence-corrected chi connectivity index (χ0v) is 9.77. The predicted octanol–water partition coefficient (Wildman–Crippen LogP) is 1.10. The van der Waals surface area contributed by atoms with E-state index in [4.69, 9.17) is 9.26 Å². The Balaban J connectivity index is 1.97. The summed E-state index contributed by atoms with van der Waals surface area (Å²) in [5.41, 5.74) is -0.838. The molecular formula is C11H18N2O3. The Morgan fingerprint density at radius 2 is 2.38 bits per heavy atom. The molecule has 0 amide bonds. The summed E-state index contributed by atoms with van der Waals surface area (Å²) in [6, 6.07) is 0. The van der Waals surface area contributed by atoms with Gasteiger partial charge in [-0.3, -0.25) is 0 Å². The van der Waals surface area contributed by atoms with Crippen molar-refractivity contribution in [3.63, 3.8) is 0 Å². The summed E-state index contributed by atoms with van der Waals surface area (Å²) >= 11 is 0. The van der Waals surface area contributed by atoms with Crippen molar-refractivity contribution in [3.05, 3.63) is 11.7 Å². The Morgan fingerprint density at radius 3 is 3.00 bits per heavy atom. The lowest BCUT2D eigenvalue weighted by atomic mass is 9.97. The topological polar surface area (TPSA) is 68.4 Å². The van der Waals surface area contributed by atoms with Crippen LogP contribution in [0, 0.1) is 0 Å². The summed E-state index contributed by atoms with van der Waals surface area (Å²) in [4.78, 5) is 4.24. The van der Waals surface area contributed by atoms with Crippen LogP contribution in [0.2, 0.25) is 0 Å². The van der Waals surface area contributed by atoms with Crippen molar-refractivity contribution in [1.82, 2.24) is 10.1 Å². The fourth-order valence-corrected chi connectivity index (χ4v) is 2.04. The lowest BCUT2D eigenvalue weighted by Crippen LogP contribution is -2.32. The van der Waals surface area contributed by atoms with Gasteiger partial charge in [-0.1, -0.05) is 12.1 Å². The van der Waals surface area contributed by atoms with Crippen molar-refractivity contribution >= 4 is 0 Å². The van der Waals surface area contributed by atoms with Crippen molar-refractivity contribution in [2.45, 2.75) is 51.2 Å². The van der Waals surface area contributed by atoms with Gasteiger partial charge in [0, 0.05) is 12.8 Å². The summed E-state index contributed by atoms with van der Waals surface area (Å²) in [5.74, 6) is 1.22. The second-order valence-corrected chi connectivity index (χ2v) is 4.58. The Kier molecular flexibility index (Phi) is 3.25. The van der Waals surface area contributed by atoms with Crippen LogP contribution in [-0.2, 0) is 17.6 Å². The van der Waals surface area contributed by atoms with Crippen LogP contribution in [0.3, 0.4) is 0 Å². The molecule has 5 nitrogen and oxygen atoms in total. The van der Waals surface area contributed by atoms with Crippen LogP contribution in [0.5, 0.6) is 0 Å². The van der Waals surface area contributed by atoms with Crippen molar-refractivity contribution in [2.24, 2.45) is 0 Å². The first kappa shape index (κ1) is 11.5. The van der Waals surface area contributed by atoms with Gasteiger partial charge in [0.15, 0.2) is 5.82 Å². The number of aryl methyl sites for hydroxylation is 1. The molecule has 0 aliphatic carbocycles. The van der Waals surface area contributed by atoms with E-state index < -0.39 is 5.60 Å². The van der Waals surface area contributed by atoms with Gasteiger partial charge in [-0.2, -0.15) is 4.98 Å². The zero-order valence-electron chi connectivity index (χ0n) is 9.77. The Morgan fingerprint density at radius 1 is 1.56 bits per heavy atom. The van der Waals surface area contributed by atoms with Gasteiger partial charge in [0.05, 0.1) is 24.7 Å². The molecule has 1 saturated heterocycles. The SMILES string of the molecule is CCCc1noc(C[C@@]2(O)CO[C@@H](C)C2)n1. The number of hydrogen-bond acceptors (Lipinski definition) is 5. The summed E-state index contributed by atoms with van der Waals surface area (Å²) in [6.45, 7) is 4.37. The third-order valence-corrected chi connectivity index (χ3v) is 2.77. The average molecular weight is 226 g/mol. The molecule has 0 aromatic carbocycles. The molecule has 0 radical (unpaired) electrons. The molecule has 90 valence electrons. The first-order valence-electron chi connectivity index (χ1n) is 5.77. The molecule has 5 heteroatoms. The molecule has 1 fully saturated rings. The number of ether oxygens (including phenoxy) is 1. The number of hydrogen-bond donors (Lipinski definition) is 1. The maximum absolute atomic E-state index is 10.2. The predicted molar refractivity (Wildman–Crippen MR) is 57.0 cm³/mol. The molecule has 0 unspecified atom stereocenters. The van der Waals surface area contributed by atoms with E-state index in [0.29, 0.717) is 31.2 Å². The molecular weight excluding hydrogens is 208 g/mol. The minimum Gasteiger partial charge on any atom is -0.387 e. The van der Waals surface area contributed by atoms with Crippen LogP contribution >= 0.6 is 0 Å². The van der Waals surface area contributed by atoms with E-state index in [-0.39, 0.29) is 6.10 Å². The quantitative estimate of drug-likeness (QED) is 0.832. The summed E-state index contributed by atoms with van der Waals surface area (Å²) in [7, 11) is 0. The molecule has 0 bridgehead atoms. The smallest absolute Gasteiger partial charge is 0.229 e. The largest absolute Gasteiger partial charge is 0.387 e. The maximum Gasteiger partial charge on any atom is 0.229 e. The zero-order chi connectivity index (χ0) is 11.6. The Labute approximate surface area is 94.8 Å². The number of aromatic nitrogens is 2. The van der Waals surface area contributed by atoms with E-state index in [2.05, 4.69) is 17.1 Å². The highest BCUT2D eigenvalue weighted by Gasteiger charge is 2.38. The van der Waals surface area contributed by atoms with E-state index in [1.54, 1.807) is 0 Å². The van der Waals surface area contributed by atoms with Crippen LogP contribution in [0.15, 0.2) is 4.52 Å². The minimum absolute atomic E-state index is 0.100. The van der Waals surface area contributed by atoms with Gasteiger partial charge in [-0.25, -0.2) is 0 Å². The molecule has 0 spiro atoms. The van der Waals surface area contributed by atoms with Gasteiger partial charge in [0.1, 0.15) is 0 Å².